The number of oxazole rings is 1. The highest BCUT2D eigenvalue weighted by molar-refractivity contribution is 7.89. The van der Waals surface area contributed by atoms with E-state index in [9.17, 15) is 13.2 Å². The van der Waals surface area contributed by atoms with E-state index < -0.39 is 15.8 Å². The van der Waals surface area contributed by atoms with Gasteiger partial charge in [0, 0.05) is 45.3 Å². The summed E-state index contributed by atoms with van der Waals surface area (Å²) in [5.74, 6) is 1.91. The van der Waals surface area contributed by atoms with E-state index in [-0.39, 0.29) is 4.90 Å². The van der Waals surface area contributed by atoms with Crippen molar-refractivity contribution < 1.29 is 12.8 Å². The molecule has 2 aliphatic rings. The van der Waals surface area contributed by atoms with Crippen molar-refractivity contribution in [1.29, 1.82) is 0 Å². The second-order valence-electron chi connectivity index (χ2n) is 8.24. The summed E-state index contributed by atoms with van der Waals surface area (Å²) in [6, 6.07) is 6.44. The van der Waals surface area contributed by atoms with Gasteiger partial charge >= 0.3 is 5.76 Å². The highest BCUT2D eigenvalue weighted by atomic mass is 32.2. The van der Waals surface area contributed by atoms with Crippen molar-refractivity contribution >= 4 is 32.8 Å². The fraction of sp³-hybridized carbons (Fsp3) is 0.476. The zero-order valence-electron chi connectivity index (χ0n) is 18.0. The van der Waals surface area contributed by atoms with Crippen LogP contribution in [0.3, 0.4) is 0 Å². The van der Waals surface area contributed by atoms with Gasteiger partial charge in [-0.2, -0.15) is 4.31 Å². The van der Waals surface area contributed by atoms with Crippen molar-refractivity contribution in [1.82, 2.24) is 19.3 Å². The van der Waals surface area contributed by atoms with Crippen LogP contribution in [0.5, 0.6) is 0 Å². The lowest BCUT2D eigenvalue weighted by Crippen LogP contribution is -2.49. The molecule has 1 N–H and O–H groups in total. The lowest BCUT2D eigenvalue weighted by Gasteiger charge is -2.35. The quantitative estimate of drug-likeness (QED) is 0.628. The van der Waals surface area contributed by atoms with Crippen LogP contribution >= 0.6 is 0 Å². The van der Waals surface area contributed by atoms with Crippen molar-refractivity contribution in [2.45, 2.75) is 31.1 Å². The van der Waals surface area contributed by atoms with Gasteiger partial charge in [-0.15, -0.1) is 0 Å². The van der Waals surface area contributed by atoms with Gasteiger partial charge in [-0.1, -0.05) is 0 Å². The predicted molar refractivity (Wildman–Crippen MR) is 121 cm³/mol. The molecule has 0 radical (unpaired) electrons. The molecule has 0 saturated carbocycles. The van der Waals surface area contributed by atoms with Crippen molar-refractivity contribution in [2.75, 3.05) is 49.1 Å². The molecule has 4 heterocycles. The van der Waals surface area contributed by atoms with Crippen LogP contribution in [-0.2, 0) is 10.0 Å². The maximum atomic E-state index is 13.1. The minimum absolute atomic E-state index is 0.140. The number of hydrogen-bond donors (Lipinski definition) is 1. The van der Waals surface area contributed by atoms with Gasteiger partial charge in [-0.3, -0.25) is 4.98 Å². The first-order valence-corrected chi connectivity index (χ1v) is 12.3. The van der Waals surface area contributed by atoms with E-state index in [4.69, 9.17) is 4.42 Å². The fourth-order valence-electron chi connectivity index (χ4n) is 4.38. The van der Waals surface area contributed by atoms with Crippen LogP contribution in [0.15, 0.2) is 38.4 Å². The Kier molecular flexibility index (Phi) is 5.38. The number of aromatic amines is 1. The number of fused-ring (bicyclic) bond motifs is 1. The number of sulfonamides is 1. The van der Waals surface area contributed by atoms with E-state index in [1.807, 2.05) is 13.0 Å². The van der Waals surface area contributed by atoms with Gasteiger partial charge in [0.25, 0.3) is 0 Å². The average molecular weight is 459 g/mol. The molecule has 0 amide bonds. The highest BCUT2D eigenvalue weighted by Crippen LogP contribution is 2.25. The smallest absolute Gasteiger partial charge is 0.408 e. The van der Waals surface area contributed by atoms with E-state index in [1.54, 1.807) is 0 Å². The largest absolute Gasteiger partial charge is 0.417 e. The number of aromatic nitrogens is 3. The summed E-state index contributed by atoms with van der Waals surface area (Å²) in [6.07, 6.45) is 3.61. The Balaban J connectivity index is 1.32. The summed E-state index contributed by atoms with van der Waals surface area (Å²) in [5, 5.41) is 0. The second kappa shape index (κ2) is 8.21. The highest BCUT2D eigenvalue weighted by Gasteiger charge is 2.30. The number of benzene rings is 1. The molecule has 0 aliphatic carbocycles. The summed E-state index contributed by atoms with van der Waals surface area (Å²) in [7, 11) is -3.68. The Morgan fingerprint density at radius 3 is 2.25 bits per heavy atom. The maximum Gasteiger partial charge on any atom is 0.417 e. The molecule has 5 rings (SSSR count). The average Bonchev–Trinajstić information content (AvgIpc) is 3.18. The number of anilines is 2. The molecule has 2 aliphatic heterocycles. The summed E-state index contributed by atoms with van der Waals surface area (Å²) in [6.45, 7) is 5.70. The van der Waals surface area contributed by atoms with Gasteiger partial charge < -0.3 is 14.2 Å². The van der Waals surface area contributed by atoms with Crippen LogP contribution in [0.25, 0.3) is 11.1 Å². The van der Waals surface area contributed by atoms with E-state index in [0.29, 0.717) is 37.3 Å². The Morgan fingerprint density at radius 2 is 1.56 bits per heavy atom. The molecule has 0 atom stereocenters. The fourth-order valence-corrected chi connectivity index (χ4v) is 5.83. The van der Waals surface area contributed by atoms with Crippen molar-refractivity contribution in [3.63, 3.8) is 0 Å². The standard InChI is InChI=1S/C21H26N6O4S/c1-15-22-19(25-7-3-2-4-8-25)14-20(23-15)26-9-11-27(12-10-26)32(29,30)16-5-6-18-17(13-16)24-21(28)31-18/h5-6,13-14H,2-4,7-12H2,1H3,(H,24,28). The lowest BCUT2D eigenvalue weighted by atomic mass is 10.1. The molecule has 10 nitrogen and oxygen atoms in total. The van der Waals surface area contributed by atoms with Gasteiger partial charge in [0.15, 0.2) is 5.58 Å². The van der Waals surface area contributed by atoms with Gasteiger partial charge in [-0.25, -0.2) is 23.2 Å². The Hall–Kier alpha value is -2.92. The third kappa shape index (κ3) is 3.97. The molecular formula is C21H26N6O4S. The molecule has 2 fully saturated rings. The number of aryl methyl sites for hydroxylation is 1. The van der Waals surface area contributed by atoms with Gasteiger partial charge in [0.1, 0.15) is 17.5 Å². The lowest BCUT2D eigenvalue weighted by molar-refractivity contribution is 0.383. The Morgan fingerprint density at radius 1 is 0.906 bits per heavy atom. The number of piperazine rings is 1. The Labute approximate surface area is 185 Å². The minimum atomic E-state index is -3.68. The van der Waals surface area contributed by atoms with Gasteiger partial charge in [0.2, 0.25) is 10.0 Å². The molecule has 2 aromatic heterocycles. The molecule has 1 aromatic carbocycles. The number of nitrogens with one attached hydrogen (secondary N) is 1. The number of piperidine rings is 1. The zero-order chi connectivity index (χ0) is 22.3. The summed E-state index contributed by atoms with van der Waals surface area (Å²) in [4.78, 5) is 27.7. The van der Waals surface area contributed by atoms with Crippen molar-refractivity contribution in [2.24, 2.45) is 0 Å². The topological polar surface area (TPSA) is 116 Å². The van der Waals surface area contributed by atoms with E-state index in [0.717, 1.165) is 30.5 Å². The molecule has 0 bridgehead atoms. The van der Waals surface area contributed by atoms with E-state index in [2.05, 4.69) is 24.8 Å². The number of nitrogens with zero attached hydrogens (tertiary/aromatic N) is 5. The van der Waals surface area contributed by atoms with Gasteiger partial charge in [-0.05, 0) is 44.4 Å². The monoisotopic (exact) mass is 458 g/mol. The third-order valence-corrected chi connectivity index (χ3v) is 7.98. The minimum Gasteiger partial charge on any atom is -0.408 e. The molecular weight excluding hydrogens is 432 g/mol. The van der Waals surface area contributed by atoms with Crippen LogP contribution in [0.4, 0.5) is 11.6 Å². The van der Waals surface area contributed by atoms with Crippen molar-refractivity contribution in [3.05, 3.63) is 40.6 Å². The summed E-state index contributed by atoms with van der Waals surface area (Å²) >= 11 is 0. The number of hydrogen-bond acceptors (Lipinski definition) is 8. The van der Waals surface area contributed by atoms with E-state index in [1.165, 1.54) is 41.8 Å². The normalized spacial score (nSPS) is 18.4. The molecule has 0 spiro atoms. The molecule has 11 heteroatoms. The van der Waals surface area contributed by atoms with Crippen LogP contribution in [0.1, 0.15) is 25.1 Å². The maximum absolute atomic E-state index is 13.1. The first-order valence-electron chi connectivity index (χ1n) is 10.9. The SMILES string of the molecule is Cc1nc(N2CCCCC2)cc(N2CCN(S(=O)(=O)c3ccc4oc(=O)[nH]c4c3)CC2)n1. The number of rotatable bonds is 4. The van der Waals surface area contributed by atoms with Gasteiger partial charge in [0.05, 0.1) is 10.4 Å². The number of H-pyrrole nitrogens is 1. The molecule has 170 valence electrons. The molecule has 3 aromatic rings. The molecule has 2 saturated heterocycles. The second-order valence-corrected chi connectivity index (χ2v) is 10.2. The third-order valence-electron chi connectivity index (χ3n) is 6.08. The Bertz CT molecular complexity index is 1290. The van der Waals surface area contributed by atoms with E-state index >= 15 is 0 Å². The first-order chi connectivity index (χ1) is 15.4. The first kappa shape index (κ1) is 21.0. The van der Waals surface area contributed by atoms with Crippen LogP contribution < -0.4 is 15.6 Å². The predicted octanol–water partition coefficient (Wildman–Crippen LogP) is 1.72. The van der Waals surface area contributed by atoms with Crippen LogP contribution in [-0.4, -0.2) is 66.9 Å². The molecule has 0 unspecified atom stereocenters. The zero-order valence-corrected chi connectivity index (χ0v) is 18.8. The van der Waals surface area contributed by atoms with Crippen molar-refractivity contribution in [3.8, 4) is 0 Å². The summed E-state index contributed by atoms with van der Waals surface area (Å²) < 4.78 is 32.7. The van der Waals surface area contributed by atoms with Crippen LogP contribution in [0, 0.1) is 6.92 Å². The summed E-state index contributed by atoms with van der Waals surface area (Å²) in [5.41, 5.74) is 0.707. The van der Waals surface area contributed by atoms with Crippen LogP contribution in [0.2, 0.25) is 0 Å². The molecule has 32 heavy (non-hydrogen) atoms.